The summed E-state index contributed by atoms with van der Waals surface area (Å²) in [6.45, 7) is 3.75. The Morgan fingerprint density at radius 1 is 1.43 bits per heavy atom. The van der Waals surface area contributed by atoms with E-state index in [-0.39, 0.29) is 0 Å². The summed E-state index contributed by atoms with van der Waals surface area (Å²) in [5.74, 6) is 0. The van der Waals surface area contributed by atoms with Gasteiger partial charge < -0.3 is 4.98 Å². The van der Waals surface area contributed by atoms with Crippen LogP contribution >= 0.6 is 0 Å². The molecule has 0 unspecified atom stereocenters. The molecule has 0 spiro atoms. The molecule has 2 rings (SSSR count). The van der Waals surface area contributed by atoms with E-state index in [1.54, 1.807) is 13.1 Å². The fraction of sp³-hybridized carbons (Fsp3) is 0.0833. The van der Waals surface area contributed by atoms with Crippen LogP contribution in [0.2, 0.25) is 0 Å². The first-order chi connectivity index (χ1) is 6.86. The maximum Gasteiger partial charge on any atom is 0.0658 e. The SMILES string of the molecule is C=C/C(=N\C)c1cccc2cc[nH]c12. The van der Waals surface area contributed by atoms with Crippen LogP contribution in [0.4, 0.5) is 0 Å². The fourth-order valence-electron chi connectivity index (χ4n) is 1.62. The first-order valence-corrected chi connectivity index (χ1v) is 4.52. The molecule has 0 fully saturated rings. The van der Waals surface area contributed by atoms with E-state index in [1.165, 1.54) is 5.39 Å². The third-order valence-corrected chi connectivity index (χ3v) is 2.30. The third-order valence-electron chi connectivity index (χ3n) is 2.30. The molecule has 0 saturated heterocycles. The number of hydrogen-bond acceptors (Lipinski definition) is 1. The minimum Gasteiger partial charge on any atom is -0.361 e. The minimum absolute atomic E-state index is 0.915. The molecule has 2 aromatic rings. The summed E-state index contributed by atoms with van der Waals surface area (Å²) in [7, 11) is 1.78. The Balaban J connectivity index is 2.73. The normalized spacial score (nSPS) is 11.9. The standard InChI is InChI=1S/C12H12N2/c1-3-11(13-2)10-6-4-5-9-7-8-14-12(9)10/h3-8,14H,1H2,2H3/b13-11+. The number of benzene rings is 1. The number of aromatic amines is 1. The number of aromatic nitrogens is 1. The Hall–Kier alpha value is -1.83. The molecular formula is C12H12N2. The molecule has 2 heteroatoms. The van der Waals surface area contributed by atoms with Crippen molar-refractivity contribution in [2.24, 2.45) is 4.99 Å². The maximum absolute atomic E-state index is 4.19. The Morgan fingerprint density at radius 2 is 2.29 bits per heavy atom. The maximum atomic E-state index is 4.19. The predicted octanol–water partition coefficient (Wildman–Crippen LogP) is 2.77. The van der Waals surface area contributed by atoms with Gasteiger partial charge in [0.05, 0.1) is 11.2 Å². The van der Waals surface area contributed by atoms with Gasteiger partial charge in [-0.25, -0.2) is 0 Å². The van der Waals surface area contributed by atoms with Crippen LogP contribution in [-0.4, -0.2) is 17.7 Å². The Labute approximate surface area is 83.0 Å². The van der Waals surface area contributed by atoms with E-state index in [2.05, 4.69) is 28.7 Å². The van der Waals surface area contributed by atoms with Gasteiger partial charge in [-0.05, 0) is 12.1 Å². The van der Waals surface area contributed by atoms with Crippen molar-refractivity contribution in [3.05, 3.63) is 48.7 Å². The van der Waals surface area contributed by atoms with Crippen molar-refractivity contribution in [3.8, 4) is 0 Å². The average molecular weight is 184 g/mol. The van der Waals surface area contributed by atoms with Crippen molar-refractivity contribution < 1.29 is 0 Å². The zero-order valence-corrected chi connectivity index (χ0v) is 8.12. The van der Waals surface area contributed by atoms with Crippen molar-refractivity contribution in [3.63, 3.8) is 0 Å². The van der Waals surface area contributed by atoms with E-state index in [4.69, 9.17) is 0 Å². The lowest BCUT2D eigenvalue weighted by Crippen LogP contribution is -1.96. The van der Waals surface area contributed by atoms with E-state index in [1.807, 2.05) is 18.3 Å². The highest BCUT2D eigenvalue weighted by molar-refractivity contribution is 6.15. The van der Waals surface area contributed by atoms with Gasteiger partial charge in [0.25, 0.3) is 0 Å². The number of nitrogens with zero attached hydrogens (tertiary/aromatic N) is 1. The quantitative estimate of drug-likeness (QED) is 0.695. The van der Waals surface area contributed by atoms with E-state index < -0.39 is 0 Å². The van der Waals surface area contributed by atoms with Crippen LogP contribution in [0.3, 0.4) is 0 Å². The van der Waals surface area contributed by atoms with Crippen LogP contribution < -0.4 is 0 Å². The third kappa shape index (κ3) is 1.25. The predicted molar refractivity (Wildman–Crippen MR) is 61.0 cm³/mol. The lowest BCUT2D eigenvalue weighted by Gasteiger charge is -2.01. The highest BCUT2D eigenvalue weighted by Gasteiger charge is 2.04. The molecule has 0 atom stereocenters. The number of para-hydroxylation sites is 1. The van der Waals surface area contributed by atoms with E-state index in [0.29, 0.717) is 0 Å². The molecule has 1 N–H and O–H groups in total. The van der Waals surface area contributed by atoms with Crippen molar-refractivity contribution in [1.82, 2.24) is 4.98 Å². The number of aliphatic imine (C=N–C) groups is 1. The minimum atomic E-state index is 0.915. The molecular weight excluding hydrogens is 172 g/mol. The highest BCUT2D eigenvalue weighted by atomic mass is 14.7. The van der Waals surface area contributed by atoms with Crippen LogP contribution in [0.5, 0.6) is 0 Å². The molecule has 0 amide bonds. The van der Waals surface area contributed by atoms with Gasteiger partial charge in [-0.2, -0.15) is 0 Å². The average Bonchev–Trinajstić information content (AvgIpc) is 2.68. The molecule has 2 nitrogen and oxygen atoms in total. The molecule has 0 bridgehead atoms. The van der Waals surface area contributed by atoms with Crippen LogP contribution in [0.15, 0.2) is 48.1 Å². The topological polar surface area (TPSA) is 28.1 Å². The Kier molecular flexibility index (Phi) is 2.19. The molecule has 1 aromatic heterocycles. The second kappa shape index (κ2) is 3.50. The zero-order valence-electron chi connectivity index (χ0n) is 8.12. The molecule has 1 aromatic carbocycles. The summed E-state index contributed by atoms with van der Waals surface area (Å²) in [6, 6.07) is 8.20. The molecule has 0 aliphatic carbocycles. The molecule has 0 aliphatic rings. The van der Waals surface area contributed by atoms with E-state index in [9.17, 15) is 0 Å². The fourth-order valence-corrected chi connectivity index (χ4v) is 1.62. The summed E-state index contributed by atoms with van der Waals surface area (Å²) in [5.41, 5.74) is 3.14. The number of hydrogen-bond donors (Lipinski definition) is 1. The molecule has 0 aliphatic heterocycles. The number of H-pyrrole nitrogens is 1. The number of rotatable bonds is 2. The lowest BCUT2D eigenvalue weighted by molar-refractivity contribution is 1.42. The second-order valence-electron chi connectivity index (χ2n) is 3.06. The zero-order chi connectivity index (χ0) is 9.97. The number of nitrogens with one attached hydrogen (secondary N) is 1. The molecule has 14 heavy (non-hydrogen) atoms. The molecule has 70 valence electrons. The highest BCUT2D eigenvalue weighted by Crippen LogP contribution is 2.17. The lowest BCUT2D eigenvalue weighted by atomic mass is 10.1. The summed E-state index contributed by atoms with van der Waals surface area (Å²) < 4.78 is 0. The Bertz CT molecular complexity index is 492. The van der Waals surface area contributed by atoms with Gasteiger partial charge in [0.2, 0.25) is 0 Å². The van der Waals surface area contributed by atoms with E-state index >= 15 is 0 Å². The summed E-state index contributed by atoms with van der Waals surface area (Å²) in [6.07, 6.45) is 3.71. The summed E-state index contributed by atoms with van der Waals surface area (Å²) >= 11 is 0. The van der Waals surface area contributed by atoms with E-state index in [0.717, 1.165) is 16.8 Å². The summed E-state index contributed by atoms with van der Waals surface area (Å²) in [5, 5.41) is 1.20. The van der Waals surface area contributed by atoms with Crippen molar-refractivity contribution in [2.45, 2.75) is 0 Å². The molecule has 1 heterocycles. The second-order valence-corrected chi connectivity index (χ2v) is 3.06. The monoisotopic (exact) mass is 184 g/mol. The largest absolute Gasteiger partial charge is 0.361 e. The van der Waals surface area contributed by atoms with Gasteiger partial charge in [-0.1, -0.05) is 24.8 Å². The van der Waals surface area contributed by atoms with Gasteiger partial charge in [-0.15, -0.1) is 0 Å². The van der Waals surface area contributed by atoms with Crippen LogP contribution in [0, 0.1) is 0 Å². The Morgan fingerprint density at radius 3 is 3.00 bits per heavy atom. The van der Waals surface area contributed by atoms with Crippen molar-refractivity contribution in [1.29, 1.82) is 0 Å². The van der Waals surface area contributed by atoms with Gasteiger partial charge in [0.1, 0.15) is 0 Å². The van der Waals surface area contributed by atoms with Gasteiger partial charge in [0, 0.05) is 24.2 Å². The first kappa shape index (κ1) is 8.75. The van der Waals surface area contributed by atoms with Crippen molar-refractivity contribution in [2.75, 3.05) is 7.05 Å². The van der Waals surface area contributed by atoms with Crippen LogP contribution in [0.25, 0.3) is 10.9 Å². The van der Waals surface area contributed by atoms with Gasteiger partial charge in [0.15, 0.2) is 0 Å². The van der Waals surface area contributed by atoms with Crippen LogP contribution in [0.1, 0.15) is 5.56 Å². The molecule has 0 radical (unpaired) electrons. The molecule has 0 saturated carbocycles. The smallest absolute Gasteiger partial charge is 0.0658 e. The van der Waals surface area contributed by atoms with Gasteiger partial charge in [-0.3, -0.25) is 4.99 Å². The number of allylic oxidation sites excluding steroid dienone is 1. The van der Waals surface area contributed by atoms with Gasteiger partial charge >= 0.3 is 0 Å². The van der Waals surface area contributed by atoms with Crippen LogP contribution in [-0.2, 0) is 0 Å². The first-order valence-electron chi connectivity index (χ1n) is 4.52. The van der Waals surface area contributed by atoms with Crippen molar-refractivity contribution >= 4 is 16.6 Å². The number of fused-ring (bicyclic) bond motifs is 1. The summed E-state index contributed by atoms with van der Waals surface area (Å²) in [4.78, 5) is 7.39.